The quantitative estimate of drug-likeness (QED) is 0.500. The first-order valence-electron chi connectivity index (χ1n) is 8.58. The van der Waals surface area contributed by atoms with Crippen LogP contribution in [0.25, 0.3) is 22.3 Å². The number of benzene rings is 3. The molecule has 0 aliphatic rings. The summed E-state index contributed by atoms with van der Waals surface area (Å²) in [5.41, 5.74) is 5.49. The molecule has 3 aromatic carbocycles. The van der Waals surface area contributed by atoms with E-state index in [1.807, 2.05) is 60.7 Å². The Labute approximate surface area is 148 Å². The Morgan fingerprint density at radius 2 is 1.28 bits per heavy atom. The summed E-state index contributed by atoms with van der Waals surface area (Å²) in [4.78, 5) is 11.4. The fraction of sp³-hybridized carbons (Fsp3) is 0.174. The van der Waals surface area contributed by atoms with Crippen LogP contribution in [0, 0.1) is 5.82 Å². The van der Waals surface area contributed by atoms with Gasteiger partial charge in [-0.05, 0) is 47.2 Å². The van der Waals surface area contributed by atoms with Crippen LogP contribution in [0.15, 0.2) is 66.7 Å². The molecular formula is C23H21FO. The predicted octanol–water partition coefficient (Wildman–Crippen LogP) is 6.31. The molecular weight excluding hydrogens is 311 g/mol. The largest absolute Gasteiger partial charge is 0.295 e. The van der Waals surface area contributed by atoms with Crippen molar-refractivity contribution in [2.75, 3.05) is 0 Å². The molecule has 0 saturated heterocycles. The van der Waals surface area contributed by atoms with Gasteiger partial charge in [-0.1, -0.05) is 74.0 Å². The first-order valence-corrected chi connectivity index (χ1v) is 8.58. The highest BCUT2D eigenvalue weighted by molar-refractivity contribution is 5.94. The third kappa shape index (κ3) is 3.85. The van der Waals surface area contributed by atoms with Crippen molar-refractivity contribution < 1.29 is 9.18 Å². The number of carbonyl (C=O) groups excluding carboxylic acids is 1. The highest BCUT2D eigenvalue weighted by atomic mass is 19.1. The molecule has 0 radical (unpaired) electrons. The lowest BCUT2D eigenvalue weighted by atomic mass is 9.98. The first kappa shape index (κ1) is 17.1. The summed E-state index contributed by atoms with van der Waals surface area (Å²) in [6.07, 6.45) is 1.70. The number of rotatable bonds is 5. The van der Waals surface area contributed by atoms with Gasteiger partial charge in [-0.15, -0.1) is 0 Å². The van der Waals surface area contributed by atoms with Crippen LogP contribution in [-0.4, -0.2) is 5.78 Å². The third-order valence-electron chi connectivity index (χ3n) is 4.42. The summed E-state index contributed by atoms with van der Waals surface area (Å²) in [7, 11) is 0. The molecule has 2 heteroatoms. The molecule has 0 saturated carbocycles. The van der Waals surface area contributed by atoms with E-state index in [2.05, 4.69) is 6.92 Å². The molecule has 3 aromatic rings. The van der Waals surface area contributed by atoms with E-state index in [4.69, 9.17) is 0 Å². The molecule has 25 heavy (non-hydrogen) atoms. The molecule has 0 aliphatic heterocycles. The minimum Gasteiger partial charge on any atom is -0.295 e. The Hall–Kier alpha value is -2.74. The van der Waals surface area contributed by atoms with Gasteiger partial charge >= 0.3 is 0 Å². The Balaban J connectivity index is 1.84. The molecule has 0 N–H and O–H groups in total. The lowest BCUT2D eigenvalue weighted by molar-refractivity contribution is 0.101. The minimum atomic E-state index is -0.136. The number of carbonyl (C=O) groups is 1. The van der Waals surface area contributed by atoms with Crippen molar-refractivity contribution in [1.29, 1.82) is 0 Å². The zero-order chi connectivity index (χ0) is 17.8. The molecule has 126 valence electrons. The summed E-state index contributed by atoms with van der Waals surface area (Å²) < 4.78 is 14.1. The molecule has 0 amide bonds. The summed E-state index contributed by atoms with van der Waals surface area (Å²) in [5.74, 6) is -0.0707. The van der Waals surface area contributed by atoms with Crippen LogP contribution < -0.4 is 0 Å². The van der Waals surface area contributed by atoms with Gasteiger partial charge in [0.15, 0.2) is 5.78 Å². The first-order chi connectivity index (χ1) is 12.1. The van der Waals surface area contributed by atoms with Crippen LogP contribution >= 0.6 is 0 Å². The van der Waals surface area contributed by atoms with Crippen LogP contribution in [0.4, 0.5) is 4.39 Å². The summed E-state index contributed by atoms with van der Waals surface area (Å²) in [5, 5.41) is 0. The van der Waals surface area contributed by atoms with Crippen LogP contribution in [0.2, 0.25) is 0 Å². The molecule has 0 heterocycles. The van der Waals surface area contributed by atoms with E-state index in [-0.39, 0.29) is 11.6 Å². The van der Waals surface area contributed by atoms with Crippen molar-refractivity contribution in [3.8, 4) is 22.3 Å². The van der Waals surface area contributed by atoms with Gasteiger partial charge in [-0.3, -0.25) is 4.79 Å². The topological polar surface area (TPSA) is 17.1 Å². The maximum atomic E-state index is 14.1. The average molecular weight is 332 g/mol. The molecule has 0 spiro atoms. The molecule has 3 rings (SSSR count). The second kappa shape index (κ2) is 7.43. The van der Waals surface area contributed by atoms with Gasteiger partial charge in [0.1, 0.15) is 5.82 Å². The maximum absolute atomic E-state index is 14.1. The van der Waals surface area contributed by atoms with E-state index in [0.29, 0.717) is 5.56 Å². The average Bonchev–Trinajstić information content (AvgIpc) is 2.64. The van der Waals surface area contributed by atoms with Crippen LogP contribution in [0.5, 0.6) is 0 Å². The SMILES string of the molecule is CCCc1ccc(-c2ccc(-c3ccc(C(C)=O)cc3)cc2)cc1F. The summed E-state index contributed by atoms with van der Waals surface area (Å²) in [6, 6.07) is 21.1. The highest BCUT2D eigenvalue weighted by Gasteiger charge is 2.06. The highest BCUT2D eigenvalue weighted by Crippen LogP contribution is 2.26. The zero-order valence-corrected chi connectivity index (χ0v) is 14.6. The summed E-state index contributed by atoms with van der Waals surface area (Å²) >= 11 is 0. The number of halogens is 1. The van der Waals surface area contributed by atoms with E-state index in [0.717, 1.165) is 40.7 Å². The third-order valence-corrected chi connectivity index (χ3v) is 4.42. The number of Topliss-reactive ketones (excluding diaryl/α,β-unsaturated/α-hetero) is 1. The molecule has 0 unspecified atom stereocenters. The zero-order valence-electron chi connectivity index (χ0n) is 14.6. The smallest absolute Gasteiger partial charge is 0.159 e. The van der Waals surface area contributed by atoms with E-state index < -0.39 is 0 Å². The van der Waals surface area contributed by atoms with Crippen molar-refractivity contribution in [3.05, 3.63) is 83.7 Å². The molecule has 0 atom stereocenters. The van der Waals surface area contributed by atoms with Crippen molar-refractivity contribution in [3.63, 3.8) is 0 Å². The monoisotopic (exact) mass is 332 g/mol. The normalized spacial score (nSPS) is 10.7. The van der Waals surface area contributed by atoms with Gasteiger partial charge in [0.2, 0.25) is 0 Å². The van der Waals surface area contributed by atoms with Crippen molar-refractivity contribution in [2.45, 2.75) is 26.7 Å². The number of ketones is 1. The lowest BCUT2D eigenvalue weighted by Crippen LogP contribution is -1.91. The second-order valence-electron chi connectivity index (χ2n) is 6.27. The standard InChI is InChI=1S/C23H21FO/c1-3-4-21-13-14-22(15-23(21)24)20-11-9-19(10-12-20)18-7-5-17(6-8-18)16(2)25/h5-15H,3-4H2,1-2H3. The Morgan fingerprint density at radius 3 is 1.76 bits per heavy atom. The Kier molecular flexibility index (Phi) is 5.08. The Bertz CT molecular complexity index is 877. The molecule has 0 aliphatic carbocycles. The second-order valence-corrected chi connectivity index (χ2v) is 6.27. The van der Waals surface area contributed by atoms with E-state index in [9.17, 15) is 9.18 Å². The predicted molar refractivity (Wildman–Crippen MR) is 101 cm³/mol. The molecule has 0 bridgehead atoms. The molecule has 0 fully saturated rings. The number of aryl methyl sites for hydroxylation is 1. The van der Waals surface area contributed by atoms with Crippen molar-refractivity contribution >= 4 is 5.78 Å². The molecule has 1 nitrogen and oxygen atoms in total. The van der Waals surface area contributed by atoms with Crippen LogP contribution in [-0.2, 0) is 6.42 Å². The lowest BCUT2D eigenvalue weighted by Gasteiger charge is -2.08. The van der Waals surface area contributed by atoms with Crippen LogP contribution in [0.3, 0.4) is 0 Å². The van der Waals surface area contributed by atoms with Crippen molar-refractivity contribution in [2.24, 2.45) is 0 Å². The van der Waals surface area contributed by atoms with Gasteiger partial charge in [-0.2, -0.15) is 0 Å². The summed E-state index contributed by atoms with van der Waals surface area (Å²) in [6.45, 7) is 3.61. The van der Waals surface area contributed by atoms with E-state index >= 15 is 0 Å². The van der Waals surface area contributed by atoms with Gasteiger partial charge in [0.25, 0.3) is 0 Å². The van der Waals surface area contributed by atoms with Gasteiger partial charge in [0.05, 0.1) is 0 Å². The van der Waals surface area contributed by atoms with Gasteiger partial charge < -0.3 is 0 Å². The fourth-order valence-electron chi connectivity index (χ4n) is 2.95. The van der Waals surface area contributed by atoms with E-state index in [1.165, 1.54) is 0 Å². The van der Waals surface area contributed by atoms with E-state index in [1.54, 1.807) is 13.0 Å². The number of hydrogen-bond donors (Lipinski definition) is 0. The van der Waals surface area contributed by atoms with Gasteiger partial charge in [-0.25, -0.2) is 4.39 Å². The van der Waals surface area contributed by atoms with Crippen LogP contribution in [0.1, 0.15) is 36.2 Å². The minimum absolute atomic E-state index is 0.0652. The maximum Gasteiger partial charge on any atom is 0.159 e. The Morgan fingerprint density at radius 1 is 0.800 bits per heavy atom. The fourth-order valence-corrected chi connectivity index (χ4v) is 2.95. The number of hydrogen-bond acceptors (Lipinski definition) is 1. The van der Waals surface area contributed by atoms with Gasteiger partial charge in [0, 0.05) is 5.56 Å². The molecule has 0 aromatic heterocycles. The van der Waals surface area contributed by atoms with Crippen molar-refractivity contribution in [1.82, 2.24) is 0 Å².